The molecule has 2 fully saturated rings. The molecule has 2 aromatic rings. The Balaban J connectivity index is 1.49. The number of phenolic OH excluding ortho intramolecular Hbond substituents is 1. The quantitative estimate of drug-likeness (QED) is 0.865. The number of hydrogen-bond acceptors (Lipinski definition) is 5. The third-order valence-electron chi connectivity index (χ3n) is 6.02. The molecule has 0 aliphatic carbocycles. The highest BCUT2D eigenvalue weighted by molar-refractivity contribution is 5.96. The Hall–Kier alpha value is -2.96. The van der Waals surface area contributed by atoms with Gasteiger partial charge in [-0.1, -0.05) is 12.1 Å². The Labute approximate surface area is 170 Å². The molecule has 0 saturated carbocycles. The van der Waals surface area contributed by atoms with Crippen LogP contribution >= 0.6 is 0 Å². The summed E-state index contributed by atoms with van der Waals surface area (Å²) >= 11 is 0. The second-order valence-electron chi connectivity index (χ2n) is 8.25. The van der Waals surface area contributed by atoms with Gasteiger partial charge in [-0.15, -0.1) is 0 Å². The molecule has 1 aromatic heterocycles. The average Bonchev–Trinajstić information content (AvgIpc) is 2.73. The van der Waals surface area contributed by atoms with Crippen LogP contribution in [-0.2, 0) is 11.3 Å². The lowest BCUT2D eigenvalue weighted by Gasteiger charge is -2.48. The van der Waals surface area contributed by atoms with Gasteiger partial charge in [0, 0.05) is 37.7 Å². The van der Waals surface area contributed by atoms with Crippen molar-refractivity contribution in [1.29, 1.82) is 0 Å². The van der Waals surface area contributed by atoms with E-state index in [0.29, 0.717) is 38.2 Å². The standard InChI is InChI=1S/C22H26N4O3/c1-16-11-24-17(12-23-16)13-26-15-22(9-7-20(26)28)8-4-10-25(14-22)21(29)18-5-2-3-6-19(18)27/h2-3,5-6,11-12,27H,4,7-10,13-15H2,1H3/t22-/m1/s1. The molecule has 7 heteroatoms. The number of rotatable bonds is 3. The highest BCUT2D eigenvalue weighted by atomic mass is 16.3. The topological polar surface area (TPSA) is 86.6 Å². The van der Waals surface area contributed by atoms with E-state index in [1.54, 1.807) is 30.6 Å². The van der Waals surface area contributed by atoms with E-state index in [0.717, 1.165) is 30.7 Å². The Morgan fingerprint density at radius 1 is 1.17 bits per heavy atom. The number of hydrogen-bond donors (Lipinski definition) is 1. The summed E-state index contributed by atoms with van der Waals surface area (Å²) in [5.41, 5.74) is 1.85. The Kier molecular flexibility index (Phi) is 5.22. The Bertz CT molecular complexity index is 915. The predicted molar refractivity (Wildman–Crippen MR) is 107 cm³/mol. The van der Waals surface area contributed by atoms with Crippen LogP contribution in [0.4, 0.5) is 0 Å². The van der Waals surface area contributed by atoms with Crippen molar-refractivity contribution in [2.75, 3.05) is 19.6 Å². The fourth-order valence-corrected chi connectivity index (χ4v) is 4.48. The molecule has 2 aliphatic rings. The number of aromatic hydroxyl groups is 1. The summed E-state index contributed by atoms with van der Waals surface area (Å²) in [5.74, 6) is -0.00676. The molecule has 4 rings (SSSR count). The van der Waals surface area contributed by atoms with Crippen LogP contribution in [0, 0.1) is 12.3 Å². The van der Waals surface area contributed by atoms with E-state index < -0.39 is 0 Å². The van der Waals surface area contributed by atoms with Crippen LogP contribution in [0.2, 0.25) is 0 Å². The molecule has 3 heterocycles. The summed E-state index contributed by atoms with van der Waals surface area (Å²) in [6, 6.07) is 6.67. The van der Waals surface area contributed by atoms with Crippen LogP contribution in [0.5, 0.6) is 5.75 Å². The van der Waals surface area contributed by atoms with Gasteiger partial charge in [-0.2, -0.15) is 0 Å². The van der Waals surface area contributed by atoms with Gasteiger partial charge in [0.15, 0.2) is 0 Å². The van der Waals surface area contributed by atoms with Gasteiger partial charge in [-0.05, 0) is 38.3 Å². The summed E-state index contributed by atoms with van der Waals surface area (Å²) < 4.78 is 0. The molecule has 1 N–H and O–H groups in total. The Morgan fingerprint density at radius 2 is 2.00 bits per heavy atom. The van der Waals surface area contributed by atoms with E-state index in [-0.39, 0.29) is 23.0 Å². The van der Waals surface area contributed by atoms with Crippen LogP contribution in [0.15, 0.2) is 36.7 Å². The normalized spacial score (nSPS) is 22.2. The van der Waals surface area contributed by atoms with Gasteiger partial charge in [0.2, 0.25) is 5.91 Å². The van der Waals surface area contributed by atoms with E-state index in [1.165, 1.54) is 6.07 Å². The van der Waals surface area contributed by atoms with Crippen molar-refractivity contribution in [2.45, 2.75) is 39.2 Å². The molecule has 0 unspecified atom stereocenters. The van der Waals surface area contributed by atoms with Crippen molar-refractivity contribution in [1.82, 2.24) is 19.8 Å². The number of benzene rings is 1. The molecule has 29 heavy (non-hydrogen) atoms. The van der Waals surface area contributed by atoms with Gasteiger partial charge < -0.3 is 14.9 Å². The van der Waals surface area contributed by atoms with Crippen molar-refractivity contribution in [3.05, 3.63) is 53.6 Å². The monoisotopic (exact) mass is 394 g/mol. The number of aryl methyl sites for hydroxylation is 1. The molecule has 1 atom stereocenters. The second-order valence-corrected chi connectivity index (χ2v) is 8.25. The summed E-state index contributed by atoms with van der Waals surface area (Å²) in [6.45, 7) is 4.22. The van der Waals surface area contributed by atoms with E-state index in [2.05, 4.69) is 9.97 Å². The predicted octanol–water partition coefficient (Wildman–Crippen LogP) is 2.54. The fraction of sp³-hybridized carbons (Fsp3) is 0.455. The molecule has 2 saturated heterocycles. The molecule has 0 bridgehead atoms. The summed E-state index contributed by atoms with van der Waals surface area (Å²) in [5, 5.41) is 10.1. The van der Waals surface area contributed by atoms with Crippen molar-refractivity contribution in [3.63, 3.8) is 0 Å². The zero-order valence-electron chi connectivity index (χ0n) is 16.7. The third-order valence-corrected chi connectivity index (χ3v) is 6.02. The van der Waals surface area contributed by atoms with E-state index >= 15 is 0 Å². The second kappa shape index (κ2) is 7.81. The first kappa shape index (κ1) is 19.4. The van der Waals surface area contributed by atoms with E-state index in [1.807, 2.05) is 16.7 Å². The lowest BCUT2D eigenvalue weighted by molar-refractivity contribution is -0.139. The van der Waals surface area contributed by atoms with E-state index in [4.69, 9.17) is 0 Å². The molecule has 1 spiro atoms. The number of para-hydroxylation sites is 1. The first-order valence-corrected chi connectivity index (χ1v) is 10.1. The molecular formula is C22H26N4O3. The summed E-state index contributed by atoms with van der Waals surface area (Å²) in [6.07, 6.45) is 6.59. The van der Waals surface area contributed by atoms with Crippen LogP contribution in [0.3, 0.4) is 0 Å². The molecule has 2 aliphatic heterocycles. The minimum absolute atomic E-state index is 0.00974. The molecule has 1 aromatic carbocycles. The zero-order valence-corrected chi connectivity index (χ0v) is 16.7. The lowest BCUT2D eigenvalue weighted by atomic mass is 9.73. The summed E-state index contributed by atoms with van der Waals surface area (Å²) in [4.78, 5) is 37.9. The van der Waals surface area contributed by atoms with Gasteiger partial charge in [-0.25, -0.2) is 0 Å². The first-order valence-electron chi connectivity index (χ1n) is 10.1. The van der Waals surface area contributed by atoms with Crippen LogP contribution in [0.25, 0.3) is 0 Å². The maximum atomic E-state index is 13.0. The van der Waals surface area contributed by atoms with Crippen molar-refractivity contribution in [3.8, 4) is 5.75 Å². The van der Waals surface area contributed by atoms with Gasteiger partial charge in [-0.3, -0.25) is 19.6 Å². The van der Waals surface area contributed by atoms with E-state index in [9.17, 15) is 14.7 Å². The van der Waals surface area contributed by atoms with Crippen molar-refractivity contribution >= 4 is 11.8 Å². The zero-order chi connectivity index (χ0) is 20.4. The minimum Gasteiger partial charge on any atom is -0.507 e. The largest absolute Gasteiger partial charge is 0.507 e. The van der Waals surface area contributed by atoms with Gasteiger partial charge in [0.05, 0.1) is 29.7 Å². The van der Waals surface area contributed by atoms with Crippen molar-refractivity contribution in [2.24, 2.45) is 5.41 Å². The number of likely N-dealkylation sites (tertiary alicyclic amines) is 2. The molecule has 2 amide bonds. The number of nitrogens with zero attached hydrogens (tertiary/aromatic N) is 4. The SMILES string of the molecule is Cc1cnc(CN2C[C@]3(CCCN(C(=O)c4ccccc4O)C3)CCC2=O)cn1. The maximum Gasteiger partial charge on any atom is 0.257 e. The average molecular weight is 394 g/mol. The minimum atomic E-state index is -0.143. The van der Waals surface area contributed by atoms with Gasteiger partial charge in [0.25, 0.3) is 5.91 Å². The molecule has 7 nitrogen and oxygen atoms in total. The maximum absolute atomic E-state index is 13.0. The number of piperidine rings is 2. The number of carbonyl (C=O) groups is 2. The summed E-state index contributed by atoms with van der Waals surface area (Å²) in [7, 11) is 0. The molecule has 152 valence electrons. The first-order chi connectivity index (χ1) is 14.0. The highest BCUT2D eigenvalue weighted by Gasteiger charge is 2.43. The van der Waals surface area contributed by atoms with Gasteiger partial charge in [0.1, 0.15) is 5.75 Å². The van der Waals surface area contributed by atoms with Crippen LogP contribution in [0.1, 0.15) is 47.4 Å². The highest BCUT2D eigenvalue weighted by Crippen LogP contribution is 2.40. The van der Waals surface area contributed by atoms with Crippen molar-refractivity contribution < 1.29 is 14.7 Å². The smallest absolute Gasteiger partial charge is 0.257 e. The van der Waals surface area contributed by atoms with Crippen LogP contribution < -0.4 is 0 Å². The molecular weight excluding hydrogens is 368 g/mol. The van der Waals surface area contributed by atoms with Gasteiger partial charge >= 0.3 is 0 Å². The molecule has 0 radical (unpaired) electrons. The van der Waals surface area contributed by atoms with Crippen LogP contribution in [-0.4, -0.2) is 56.3 Å². The fourth-order valence-electron chi connectivity index (χ4n) is 4.48. The third kappa shape index (κ3) is 4.09. The number of phenols is 1. The number of aromatic nitrogens is 2. The Morgan fingerprint density at radius 3 is 2.76 bits per heavy atom. The number of carbonyl (C=O) groups excluding carboxylic acids is 2. The lowest BCUT2D eigenvalue weighted by Crippen LogP contribution is -2.54. The number of amides is 2.